The Morgan fingerprint density at radius 3 is 2.59 bits per heavy atom. The van der Waals surface area contributed by atoms with E-state index < -0.39 is 0 Å². The lowest BCUT2D eigenvalue weighted by Gasteiger charge is -2.05. The summed E-state index contributed by atoms with van der Waals surface area (Å²) in [4.78, 5) is 4.32. The van der Waals surface area contributed by atoms with E-state index in [1.54, 1.807) is 0 Å². The molecule has 0 aliphatic heterocycles. The molecular formula is C13H17N3O. The van der Waals surface area contributed by atoms with Crippen molar-refractivity contribution in [3.8, 4) is 0 Å². The van der Waals surface area contributed by atoms with Crippen LogP contribution in [0.1, 0.15) is 37.2 Å². The van der Waals surface area contributed by atoms with Gasteiger partial charge in [-0.25, -0.2) is 0 Å². The highest BCUT2D eigenvalue weighted by Crippen LogP contribution is 2.17. The van der Waals surface area contributed by atoms with Gasteiger partial charge in [0, 0.05) is 6.42 Å². The second-order valence-corrected chi connectivity index (χ2v) is 4.54. The topological polar surface area (TPSA) is 64.9 Å². The van der Waals surface area contributed by atoms with Crippen LogP contribution in [0.15, 0.2) is 34.9 Å². The van der Waals surface area contributed by atoms with E-state index >= 15 is 0 Å². The minimum Gasteiger partial charge on any atom is -0.337 e. The van der Waals surface area contributed by atoms with Crippen LogP contribution in [0.3, 0.4) is 0 Å². The Bertz CT molecular complexity index is 465. The molecule has 0 amide bonds. The summed E-state index contributed by atoms with van der Waals surface area (Å²) in [5.41, 5.74) is 7.04. The van der Waals surface area contributed by atoms with Crippen molar-refractivity contribution in [2.45, 2.75) is 26.3 Å². The summed E-state index contributed by atoms with van der Waals surface area (Å²) in [6.07, 6.45) is 0.811. The van der Waals surface area contributed by atoms with Crippen LogP contribution in [0.5, 0.6) is 0 Å². The van der Waals surface area contributed by atoms with Gasteiger partial charge in [0.15, 0.2) is 5.82 Å². The molecule has 0 aliphatic carbocycles. The fraction of sp³-hybridized carbons (Fsp3) is 0.385. The van der Waals surface area contributed by atoms with E-state index in [-0.39, 0.29) is 6.04 Å². The average Bonchev–Trinajstić information content (AvgIpc) is 2.77. The molecule has 1 aromatic heterocycles. The molecule has 0 bridgehead atoms. The molecule has 4 nitrogen and oxygen atoms in total. The van der Waals surface area contributed by atoms with E-state index in [9.17, 15) is 0 Å². The first-order valence-electron chi connectivity index (χ1n) is 5.80. The van der Waals surface area contributed by atoms with Crippen LogP contribution in [0.4, 0.5) is 0 Å². The zero-order chi connectivity index (χ0) is 12.3. The Labute approximate surface area is 101 Å². The molecule has 2 aromatic rings. The average molecular weight is 231 g/mol. The van der Waals surface area contributed by atoms with Crippen LogP contribution in [0.25, 0.3) is 0 Å². The number of nitrogens with zero attached hydrogens (tertiary/aromatic N) is 2. The predicted octanol–water partition coefficient (Wildman–Crippen LogP) is 2.32. The van der Waals surface area contributed by atoms with Crippen LogP contribution < -0.4 is 5.73 Å². The van der Waals surface area contributed by atoms with Crippen molar-refractivity contribution in [3.63, 3.8) is 0 Å². The molecule has 0 saturated carbocycles. The minimum atomic E-state index is -0.343. The molecule has 2 rings (SSSR count). The highest BCUT2D eigenvalue weighted by molar-refractivity contribution is 5.22. The van der Waals surface area contributed by atoms with E-state index in [2.05, 4.69) is 24.0 Å². The molecule has 0 fully saturated rings. The van der Waals surface area contributed by atoms with Gasteiger partial charge in [0.1, 0.15) is 6.04 Å². The van der Waals surface area contributed by atoms with Gasteiger partial charge < -0.3 is 10.3 Å². The lowest BCUT2D eigenvalue weighted by Crippen LogP contribution is -2.12. The van der Waals surface area contributed by atoms with E-state index in [0.717, 1.165) is 17.8 Å². The fourth-order valence-electron chi connectivity index (χ4n) is 1.64. The Hall–Kier alpha value is -1.68. The summed E-state index contributed by atoms with van der Waals surface area (Å²) in [6.45, 7) is 4.24. The lowest BCUT2D eigenvalue weighted by molar-refractivity contribution is 0.360. The van der Waals surface area contributed by atoms with Gasteiger partial charge in [-0.05, 0) is 11.5 Å². The maximum absolute atomic E-state index is 6.06. The van der Waals surface area contributed by atoms with Crippen LogP contribution >= 0.6 is 0 Å². The zero-order valence-electron chi connectivity index (χ0n) is 10.1. The van der Waals surface area contributed by atoms with Crippen molar-refractivity contribution >= 4 is 0 Å². The van der Waals surface area contributed by atoms with Gasteiger partial charge in [0.2, 0.25) is 5.89 Å². The Kier molecular flexibility index (Phi) is 3.54. The Balaban J connectivity index is 2.15. The van der Waals surface area contributed by atoms with Crippen molar-refractivity contribution in [1.82, 2.24) is 10.1 Å². The van der Waals surface area contributed by atoms with Crippen LogP contribution in [-0.4, -0.2) is 10.1 Å². The summed E-state index contributed by atoms with van der Waals surface area (Å²) >= 11 is 0. The summed E-state index contributed by atoms with van der Waals surface area (Å²) < 4.78 is 5.20. The van der Waals surface area contributed by atoms with Crippen molar-refractivity contribution in [1.29, 1.82) is 0 Å². The molecule has 1 unspecified atom stereocenters. The molecule has 2 N–H and O–H groups in total. The summed E-state index contributed by atoms with van der Waals surface area (Å²) in [6, 6.07) is 9.41. The second kappa shape index (κ2) is 5.10. The third-order valence-electron chi connectivity index (χ3n) is 2.50. The van der Waals surface area contributed by atoms with Crippen molar-refractivity contribution < 1.29 is 4.52 Å². The first kappa shape index (κ1) is 11.8. The predicted molar refractivity (Wildman–Crippen MR) is 65.3 cm³/mol. The number of hydrogen-bond donors (Lipinski definition) is 1. The van der Waals surface area contributed by atoms with Crippen LogP contribution in [0.2, 0.25) is 0 Å². The van der Waals surface area contributed by atoms with Crippen molar-refractivity contribution in [2.24, 2.45) is 11.7 Å². The van der Waals surface area contributed by atoms with Gasteiger partial charge in [-0.15, -0.1) is 0 Å². The molecule has 1 atom stereocenters. The van der Waals surface area contributed by atoms with Gasteiger partial charge in [-0.2, -0.15) is 4.98 Å². The maximum atomic E-state index is 6.06. The Morgan fingerprint density at radius 2 is 1.94 bits per heavy atom. The lowest BCUT2D eigenvalue weighted by atomic mass is 10.1. The molecule has 4 heteroatoms. The first-order valence-corrected chi connectivity index (χ1v) is 5.80. The van der Waals surface area contributed by atoms with Crippen molar-refractivity contribution in [3.05, 3.63) is 47.6 Å². The number of rotatable bonds is 4. The second-order valence-electron chi connectivity index (χ2n) is 4.54. The largest absolute Gasteiger partial charge is 0.337 e. The number of benzene rings is 1. The van der Waals surface area contributed by atoms with Crippen LogP contribution in [-0.2, 0) is 6.42 Å². The molecule has 0 saturated heterocycles. The quantitative estimate of drug-likeness (QED) is 0.877. The van der Waals surface area contributed by atoms with E-state index in [1.165, 1.54) is 0 Å². The molecular weight excluding hydrogens is 214 g/mol. The molecule has 1 heterocycles. The monoisotopic (exact) mass is 231 g/mol. The summed E-state index contributed by atoms with van der Waals surface area (Å²) in [5.74, 6) is 1.71. The van der Waals surface area contributed by atoms with Gasteiger partial charge in [0.05, 0.1) is 0 Å². The Morgan fingerprint density at radius 1 is 1.24 bits per heavy atom. The summed E-state index contributed by atoms with van der Waals surface area (Å²) in [7, 11) is 0. The van der Waals surface area contributed by atoms with Gasteiger partial charge in [0.25, 0.3) is 0 Å². The van der Waals surface area contributed by atoms with Crippen LogP contribution in [0, 0.1) is 5.92 Å². The van der Waals surface area contributed by atoms with Crippen molar-refractivity contribution in [2.75, 3.05) is 0 Å². The van der Waals surface area contributed by atoms with E-state index in [1.807, 2.05) is 30.3 Å². The van der Waals surface area contributed by atoms with Gasteiger partial charge >= 0.3 is 0 Å². The fourth-order valence-corrected chi connectivity index (χ4v) is 1.64. The number of nitrogens with two attached hydrogens (primary N) is 1. The minimum absolute atomic E-state index is 0.343. The maximum Gasteiger partial charge on any atom is 0.248 e. The molecule has 0 radical (unpaired) electrons. The normalized spacial score (nSPS) is 12.9. The number of aromatic nitrogens is 2. The molecule has 0 spiro atoms. The highest BCUT2D eigenvalue weighted by atomic mass is 16.5. The zero-order valence-corrected chi connectivity index (χ0v) is 10.1. The van der Waals surface area contributed by atoms with Gasteiger partial charge in [-0.3, -0.25) is 0 Å². The molecule has 1 aromatic carbocycles. The third-order valence-corrected chi connectivity index (χ3v) is 2.50. The first-order chi connectivity index (χ1) is 8.16. The standard InChI is InChI=1S/C13H17N3O/c1-9(2)8-11-15-13(17-16-11)12(14)10-6-4-3-5-7-10/h3-7,9,12H,8,14H2,1-2H3. The SMILES string of the molecule is CC(C)Cc1noc(C(N)c2ccccc2)n1. The highest BCUT2D eigenvalue weighted by Gasteiger charge is 2.16. The molecule has 17 heavy (non-hydrogen) atoms. The molecule has 90 valence electrons. The third kappa shape index (κ3) is 2.91. The molecule has 0 aliphatic rings. The number of hydrogen-bond acceptors (Lipinski definition) is 4. The smallest absolute Gasteiger partial charge is 0.248 e. The van der Waals surface area contributed by atoms with Gasteiger partial charge in [-0.1, -0.05) is 49.3 Å². The summed E-state index contributed by atoms with van der Waals surface area (Å²) in [5, 5.41) is 3.94. The van der Waals surface area contributed by atoms with E-state index in [0.29, 0.717) is 11.8 Å². The van der Waals surface area contributed by atoms with E-state index in [4.69, 9.17) is 10.3 Å².